The van der Waals surface area contributed by atoms with Crippen LogP contribution in [0.1, 0.15) is 36.5 Å². The lowest BCUT2D eigenvalue weighted by Crippen LogP contribution is -2.20. The summed E-state index contributed by atoms with van der Waals surface area (Å²) >= 11 is 0. The van der Waals surface area contributed by atoms with Gasteiger partial charge >= 0.3 is 0 Å². The van der Waals surface area contributed by atoms with E-state index in [4.69, 9.17) is 0 Å². The van der Waals surface area contributed by atoms with Crippen molar-refractivity contribution >= 4 is 5.78 Å². The van der Waals surface area contributed by atoms with Crippen molar-refractivity contribution in [3.8, 4) is 0 Å². The van der Waals surface area contributed by atoms with Gasteiger partial charge in [0, 0.05) is 5.92 Å². The van der Waals surface area contributed by atoms with E-state index in [-0.39, 0.29) is 11.7 Å². The molecule has 98 valence electrons. The van der Waals surface area contributed by atoms with Crippen LogP contribution in [0.25, 0.3) is 0 Å². The summed E-state index contributed by atoms with van der Waals surface area (Å²) in [5.74, 6) is -0.392. The highest BCUT2D eigenvalue weighted by Gasteiger charge is 2.26. The van der Waals surface area contributed by atoms with Gasteiger partial charge in [0.05, 0.1) is 0 Å². The van der Waals surface area contributed by atoms with Crippen molar-refractivity contribution < 1.29 is 9.90 Å². The summed E-state index contributed by atoms with van der Waals surface area (Å²) in [6.45, 7) is 1.97. The highest BCUT2D eigenvalue weighted by atomic mass is 16.3. The average molecular weight is 254 g/mol. The van der Waals surface area contributed by atoms with E-state index in [1.54, 1.807) is 12.1 Å². The molecule has 2 rings (SSSR count). The van der Waals surface area contributed by atoms with Crippen LogP contribution in [0.15, 0.2) is 60.7 Å². The van der Waals surface area contributed by atoms with Gasteiger partial charge < -0.3 is 5.11 Å². The van der Waals surface area contributed by atoms with Gasteiger partial charge in [0.2, 0.25) is 0 Å². The first kappa shape index (κ1) is 13.5. The zero-order valence-electron chi connectivity index (χ0n) is 11.0. The number of rotatable bonds is 5. The van der Waals surface area contributed by atoms with Crippen LogP contribution in [0.3, 0.4) is 0 Å². The molecule has 0 aromatic heterocycles. The predicted octanol–water partition coefficient (Wildman–Crippen LogP) is 3.48. The van der Waals surface area contributed by atoms with Gasteiger partial charge in [0.15, 0.2) is 5.78 Å². The van der Waals surface area contributed by atoms with Crippen molar-refractivity contribution in [2.75, 3.05) is 0 Å². The zero-order chi connectivity index (χ0) is 13.7. The van der Waals surface area contributed by atoms with Crippen molar-refractivity contribution in [3.05, 3.63) is 71.8 Å². The van der Waals surface area contributed by atoms with Crippen molar-refractivity contribution in [1.29, 1.82) is 0 Å². The summed E-state index contributed by atoms with van der Waals surface area (Å²) in [6, 6.07) is 18.7. The first-order valence-corrected chi connectivity index (χ1v) is 6.55. The lowest BCUT2D eigenvalue weighted by atomic mass is 9.87. The van der Waals surface area contributed by atoms with Crippen LogP contribution in [-0.4, -0.2) is 10.9 Å². The Morgan fingerprint density at radius 3 is 1.89 bits per heavy atom. The molecule has 0 radical (unpaired) electrons. The molecule has 0 aliphatic rings. The van der Waals surface area contributed by atoms with Crippen LogP contribution < -0.4 is 0 Å². The van der Waals surface area contributed by atoms with Gasteiger partial charge in [0.1, 0.15) is 6.10 Å². The molecule has 2 aromatic carbocycles. The van der Waals surface area contributed by atoms with E-state index >= 15 is 0 Å². The van der Waals surface area contributed by atoms with Gasteiger partial charge in [-0.05, 0) is 17.5 Å². The minimum atomic E-state index is -1.05. The summed E-state index contributed by atoms with van der Waals surface area (Å²) in [5, 5.41) is 10.2. The molecule has 19 heavy (non-hydrogen) atoms. The molecule has 2 atom stereocenters. The number of carbonyl (C=O) groups excluding carboxylic acids is 1. The number of carbonyl (C=O) groups is 1. The number of benzene rings is 2. The number of hydrogen-bond donors (Lipinski definition) is 1. The molecule has 0 aliphatic carbocycles. The van der Waals surface area contributed by atoms with Crippen molar-refractivity contribution in [1.82, 2.24) is 0 Å². The second-order valence-electron chi connectivity index (χ2n) is 4.59. The van der Waals surface area contributed by atoms with Crippen LogP contribution in [0, 0.1) is 0 Å². The Kier molecular flexibility index (Phi) is 4.48. The molecule has 0 aliphatic heterocycles. The third-order valence-electron chi connectivity index (χ3n) is 3.34. The molecule has 0 saturated carbocycles. The van der Waals surface area contributed by atoms with Gasteiger partial charge in [-0.3, -0.25) is 4.79 Å². The fraction of sp³-hybridized carbons (Fsp3) is 0.235. The molecule has 2 aromatic rings. The molecule has 0 unspecified atom stereocenters. The normalized spacial score (nSPS) is 13.8. The molecular weight excluding hydrogens is 236 g/mol. The summed E-state index contributed by atoms with van der Waals surface area (Å²) < 4.78 is 0. The summed E-state index contributed by atoms with van der Waals surface area (Å²) in [6.07, 6.45) is -0.362. The number of ketones is 1. The van der Waals surface area contributed by atoms with Gasteiger partial charge in [-0.2, -0.15) is 0 Å². The maximum atomic E-state index is 12.4. The fourth-order valence-electron chi connectivity index (χ4n) is 2.28. The first-order valence-electron chi connectivity index (χ1n) is 6.55. The third-order valence-corrected chi connectivity index (χ3v) is 3.34. The molecule has 1 N–H and O–H groups in total. The maximum Gasteiger partial charge on any atom is 0.173 e. The second-order valence-corrected chi connectivity index (χ2v) is 4.59. The monoisotopic (exact) mass is 254 g/mol. The van der Waals surface area contributed by atoms with Crippen LogP contribution in [0.5, 0.6) is 0 Å². The highest BCUT2D eigenvalue weighted by molar-refractivity contribution is 5.90. The Morgan fingerprint density at radius 1 is 0.947 bits per heavy atom. The predicted molar refractivity (Wildman–Crippen MR) is 75.9 cm³/mol. The molecule has 0 amide bonds. The second kappa shape index (κ2) is 6.30. The smallest absolute Gasteiger partial charge is 0.173 e. The first-order chi connectivity index (χ1) is 9.24. The van der Waals surface area contributed by atoms with Crippen molar-refractivity contribution in [2.45, 2.75) is 25.4 Å². The van der Waals surface area contributed by atoms with Gasteiger partial charge in [-0.1, -0.05) is 67.6 Å². The zero-order valence-corrected chi connectivity index (χ0v) is 11.0. The fourth-order valence-corrected chi connectivity index (χ4v) is 2.28. The summed E-state index contributed by atoms with van der Waals surface area (Å²) in [7, 11) is 0. The SMILES string of the molecule is CC[C@@H](C(=O)[C@@H](O)c1ccccc1)c1ccccc1. The topological polar surface area (TPSA) is 37.3 Å². The summed E-state index contributed by atoms with van der Waals surface area (Å²) in [4.78, 5) is 12.4. The summed E-state index contributed by atoms with van der Waals surface area (Å²) in [5.41, 5.74) is 1.62. The quantitative estimate of drug-likeness (QED) is 0.887. The number of Topliss-reactive ketones (excluding diaryl/α,β-unsaturated/α-hetero) is 1. The van der Waals surface area contributed by atoms with Crippen molar-refractivity contribution in [3.63, 3.8) is 0 Å². The number of aliphatic hydroxyl groups is 1. The van der Waals surface area contributed by atoms with Crippen LogP contribution >= 0.6 is 0 Å². The molecule has 0 bridgehead atoms. The van der Waals surface area contributed by atoms with E-state index in [1.165, 1.54) is 0 Å². The molecular formula is C17H18O2. The maximum absolute atomic E-state index is 12.4. The minimum Gasteiger partial charge on any atom is -0.381 e. The standard InChI is InChI=1S/C17H18O2/c1-2-15(13-9-5-3-6-10-13)17(19)16(18)14-11-7-4-8-12-14/h3-12,15-16,18H,2H2,1H3/t15-,16+/m1/s1. The Morgan fingerprint density at radius 2 is 1.42 bits per heavy atom. The Balaban J connectivity index is 2.22. The van der Waals surface area contributed by atoms with E-state index in [9.17, 15) is 9.90 Å². The largest absolute Gasteiger partial charge is 0.381 e. The Hall–Kier alpha value is -1.93. The van der Waals surface area contributed by atoms with E-state index in [0.717, 1.165) is 5.56 Å². The van der Waals surface area contributed by atoms with E-state index in [0.29, 0.717) is 12.0 Å². The third kappa shape index (κ3) is 3.09. The van der Waals surface area contributed by atoms with Crippen LogP contribution in [0.4, 0.5) is 0 Å². The molecule has 0 fully saturated rings. The van der Waals surface area contributed by atoms with E-state index in [2.05, 4.69) is 0 Å². The van der Waals surface area contributed by atoms with Gasteiger partial charge in [0.25, 0.3) is 0 Å². The average Bonchev–Trinajstić information content (AvgIpc) is 2.49. The Bertz CT molecular complexity index is 519. The molecule has 2 heteroatoms. The minimum absolute atomic E-state index is 0.139. The van der Waals surface area contributed by atoms with Crippen LogP contribution in [-0.2, 0) is 4.79 Å². The highest BCUT2D eigenvalue weighted by Crippen LogP contribution is 2.27. The lowest BCUT2D eigenvalue weighted by Gasteiger charge is -2.18. The van der Waals surface area contributed by atoms with Gasteiger partial charge in [-0.15, -0.1) is 0 Å². The number of aliphatic hydroxyl groups excluding tert-OH is 1. The Labute approximate surface area is 113 Å². The van der Waals surface area contributed by atoms with Gasteiger partial charge in [-0.25, -0.2) is 0 Å². The van der Waals surface area contributed by atoms with E-state index in [1.807, 2.05) is 55.5 Å². The lowest BCUT2D eigenvalue weighted by molar-refractivity contribution is -0.129. The molecule has 2 nitrogen and oxygen atoms in total. The van der Waals surface area contributed by atoms with Crippen molar-refractivity contribution in [2.24, 2.45) is 0 Å². The van der Waals surface area contributed by atoms with Crippen LogP contribution in [0.2, 0.25) is 0 Å². The molecule has 0 spiro atoms. The molecule has 0 heterocycles. The molecule has 0 saturated heterocycles. The van der Waals surface area contributed by atoms with E-state index < -0.39 is 6.10 Å². The number of hydrogen-bond acceptors (Lipinski definition) is 2.